The zero-order valence-corrected chi connectivity index (χ0v) is 14.0. The number of nitrogens with one attached hydrogen (secondary N) is 1. The number of hydrogen-bond donors (Lipinski definition) is 1. The summed E-state index contributed by atoms with van der Waals surface area (Å²) in [5.41, 5.74) is 3.30. The molecule has 1 atom stereocenters. The van der Waals surface area contributed by atoms with Crippen LogP contribution in [0, 0.1) is 5.92 Å². The first-order chi connectivity index (χ1) is 12.2. The van der Waals surface area contributed by atoms with Crippen LogP contribution in [0.4, 0.5) is 11.6 Å². The van der Waals surface area contributed by atoms with Gasteiger partial charge < -0.3 is 4.90 Å². The lowest BCUT2D eigenvalue weighted by Gasteiger charge is -2.32. The van der Waals surface area contributed by atoms with Gasteiger partial charge in [-0.15, -0.1) is 10.2 Å². The standard InChI is InChI=1S/C19H19N5O/c1-23-12-15(11-14-7-5-6-10-17(14)23)18(25)21-19-22-20-13-24(19)16-8-3-2-4-9-16/h2-10,13,15H,11-12H2,1H3,(H,21,22,25)/t15-/m0/s1. The Kier molecular flexibility index (Phi) is 3.93. The maximum Gasteiger partial charge on any atom is 0.235 e. The third-order valence-electron chi connectivity index (χ3n) is 4.55. The van der Waals surface area contributed by atoms with Gasteiger partial charge in [0.25, 0.3) is 0 Å². The fourth-order valence-corrected chi connectivity index (χ4v) is 3.30. The maximum absolute atomic E-state index is 12.8. The molecular formula is C19H19N5O. The summed E-state index contributed by atoms with van der Waals surface area (Å²) in [6, 6.07) is 17.9. The number of fused-ring (bicyclic) bond motifs is 1. The normalized spacial score (nSPS) is 16.4. The molecule has 25 heavy (non-hydrogen) atoms. The molecule has 2 aromatic carbocycles. The third-order valence-corrected chi connectivity index (χ3v) is 4.55. The molecule has 1 aliphatic rings. The molecule has 1 N–H and O–H groups in total. The van der Waals surface area contributed by atoms with E-state index in [-0.39, 0.29) is 11.8 Å². The molecule has 1 aromatic heterocycles. The monoisotopic (exact) mass is 333 g/mol. The number of carbonyl (C=O) groups excluding carboxylic acids is 1. The maximum atomic E-state index is 12.8. The summed E-state index contributed by atoms with van der Waals surface area (Å²) in [6.07, 6.45) is 2.33. The summed E-state index contributed by atoms with van der Waals surface area (Å²) < 4.78 is 1.78. The van der Waals surface area contributed by atoms with Crippen molar-refractivity contribution >= 4 is 17.5 Å². The topological polar surface area (TPSA) is 63.1 Å². The zero-order chi connectivity index (χ0) is 17.2. The molecule has 4 rings (SSSR count). The fourth-order valence-electron chi connectivity index (χ4n) is 3.30. The van der Waals surface area contributed by atoms with Gasteiger partial charge in [0, 0.05) is 19.3 Å². The van der Waals surface area contributed by atoms with Crippen molar-refractivity contribution in [3.8, 4) is 5.69 Å². The highest BCUT2D eigenvalue weighted by Gasteiger charge is 2.28. The van der Waals surface area contributed by atoms with E-state index in [1.54, 1.807) is 10.9 Å². The van der Waals surface area contributed by atoms with Crippen LogP contribution in [0.1, 0.15) is 5.56 Å². The second kappa shape index (κ2) is 6.39. The largest absolute Gasteiger partial charge is 0.374 e. The van der Waals surface area contributed by atoms with Crippen LogP contribution in [0.3, 0.4) is 0 Å². The van der Waals surface area contributed by atoms with Gasteiger partial charge in [0.05, 0.1) is 11.6 Å². The molecule has 0 radical (unpaired) electrons. The number of para-hydroxylation sites is 2. The lowest BCUT2D eigenvalue weighted by Crippen LogP contribution is -2.39. The lowest BCUT2D eigenvalue weighted by atomic mass is 9.92. The quantitative estimate of drug-likeness (QED) is 0.800. The van der Waals surface area contributed by atoms with Crippen molar-refractivity contribution in [2.75, 3.05) is 23.8 Å². The molecule has 0 aliphatic carbocycles. The Morgan fingerprint density at radius 1 is 1.12 bits per heavy atom. The number of amides is 1. The molecule has 126 valence electrons. The van der Waals surface area contributed by atoms with E-state index in [2.05, 4.69) is 32.5 Å². The minimum Gasteiger partial charge on any atom is -0.374 e. The Labute approximate surface area is 146 Å². The van der Waals surface area contributed by atoms with E-state index in [0.29, 0.717) is 12.5 Å². The van der Waals surface area contributed by atoms with Gasteiger partial charge in [-0.1, -0.05) is 36.4 Å². The predicted octanol–water partition coefficient (Wildman–Crippen LogP) is 2.51. The van der Waals surface area contributed by atoms with E-state index in [0.717, 1.165) is 12.1 Å². The van der Waals surface area contributed by atoms with Gasteiger partial charge in [-0.25, -0.2) is 0 Å². The lowest BCUT2D eigenvalue weighted by molar-refractivity contribution is -0.119. The number of aromatic nitrogens is 3. The Hall–Kier alpha value is -3.15. The summed E-state index contributed by atoms with van der Waals surface area (Å²) in [6.45, 7) is 0.683. The smallest absolute Gasteiger partial charge is 0.235 e. The summed E-state index contributed by atoms with van der Waals surface area (Å²) in [4.78, 5) is 14.9. The van der Waals surface area contributed by atoms with Gasteiger partial charge in [0.1, 0.15) is 6.33 Å². The van der Waals surface area contributed by atoms with Crippen molar-refractivity contribution in [2.45, 2.75) is 6.42 Å². The molecule has 3 aromatic rings. The van der Waals surface area contributed by atoms with Crippen LogP contribution in [0.5, 0.6) is 0 Å². The molecular weight excluding hydrogens is 314 g/mol. The van der Waals surface area contributed by atoms with Crippen molar-refractivity contribution in [3.05, 3.63) is 66.5 Å². The Balaban J connectivity index is 1.54. The van der Waals surface area contributed by atoms with Crippen LogP contribution in [0.25, 0.3) is 5.69 Å². The average Bonchev–Trinajstić information content (AvgIpc) is 3.10. The third kappa shape index (κ3) is 2.98. The molecule has 0 saturated carbocycles. The fraction of sp³-hybridized carbons (Fsp3) is 0.211. The van der Waals surface area contributed by atoms with Crippen LogP contribution in [-0.4, -0.2) is 34.3 Å². The van der Waals surface area contributed by atoms with Gasteiger partial charge in [0.2, 0.25) is 11.9 Å². The highest BCUT2D eigenvalue weighted by molar-refractivity contribution is 5.92. The van der Waals surface area contributed by atoms with Gasteiger partial charge in [-0.05, 0) is 30.2 Å². The van der Waals surface area contributed by atoms with Gasteiger partial charge in [-0.3, -0.25) is 14.7 Å². The van der Waals surface area contributed by atoms with E-state index >= 15 is 0 Å². The second-order valence-corrected chi connectivity index (χ2v) is 6.26. The summed E-state index contributed by atoms with van der Waals surface area (Å²) in [7, 11) is 2.02. The van der Waals surface area contributed by atoms with E-state index in [4.69, 9.17) is 0 Å². The molecule has 0 bridgehead atoms. The van der Waals surface area contributed by atoms with E-state index in [9.17, 15) is 4.79 Å². The summed E-state index contributed by atoms with van der Waals surface area (Å²) in [5.74, 6) is 0.282. The molecule has 0 unspecified atom stereocenters. The first-order valence-electron chi connectivity index (χ1n) is 8.28. The Bertz CT molecular complexity index is 890. The molecule has 0 saturated heterocycles. The second-order valence-electron chi connectivity index (χ2n) is 6.26. The average molecular weight is 333 g/mol. The molecule has 0 spiro atoms. The van der Waals surface area contributed by atoms with Crippen LogP contribution in [0.15, 0.2) is 60.9 Å². The van der Waals surface area contributed by atoms with E-state index in [1.807, 2.05) is 49.5 Å². The summed E-state index contributed by atoms with van der Waals surface area (Å²) in [5, 5.41) is 10.9. The minimum atomic E-state index is -0.124. The number of anilines is 2. The first-order valence-corrected chi connectivity index (χ1v) is 8.28. The molecule has 1 amide bonds. The summed E-state index contributed by atoms with van der Waals surface area (Å²) >= 11 is 0. The van der Waals surface area contributed by atoms with Crippen LogP contribution in [-0.2, 0) is 11.2 Å². The number of carbonyl (C=O) groups is 1. The molecule has 2 heterocycles. The van der Waals surface area contributed by atoms with E-state index in [1.165, 1.54) is 11.3 Å². The van der Waals surface area contributed by atoms with Crippen LogP contribution in [0.2, 0.25) is 0 Å². The number of nitrogens with zero attached hydrogens (tertiary/aromatic N) is 4. The first kappa shape index (κ1) is 15.4. The van der Waals surface area contributed by atoms with Gasteiger partial charge in [0.15, 0.2) is 0 Å². The van der Waals surface area contributed by atoms with Crippen LogP contribution >= 0.6 is 0 Å². The van der Waals surface area contributed by atoms with Gasteiger partial charge >= 0.3 is 0 Å². The van der Waals surface area contributed by atoms with Gasteiger partial charge in [-0.2, -0.15) is 0 Å². The Morgan fingerprint density at radius 3 is 2.72 bits per heavy atom. The number of hydrogen-bond acceptors (Lipinski definition) is 4. The number of benzene rings is 2. The Morgan fingerprint density at radius 2 is 1.88 bits per heavy atom. The highest BCUT2D eigenvalue weighted by atomic mass is 16.2. The zero-order valence-electron chi connectivity index (χ0n) is 14.0. The predicted molar refractivity (Wildman–Crippen MR) is 96.9 cm³/mol. The number of rotatable bonds is 3. The van der Waals surface area contributed by atoms with Crippen molar-refractivity contribution in [2.24, 2.45) is 5.92 Å². The minimum absolute atomic E-state index is 0.0356. The molecule has 6 heteroatoms. The van der Waals surface area contributed by atoms with Crippen LogP contribution < -0.4 is 10.2 Å². The van der Waals surface area contributed by atoms with Crippen molar-refractivity contribution in [3.63, 3.8) is 0 Å². The van der Waals surface area contributed by atoms with Crippen molar-refractivity contribution < 1.29 is 4.79 Å². The highest BCUT2D eigenvalue weighted by Crippen LogP contribution is 2.28. The van der Waals surface area contributed by atoms with E-state index < -0.39 is 0 Å². The molecule has 1 aliphatic heterocycles. The van der Waals surface area contributed by atoms with Crippen molar-refractivity contribution in [1.82, 2.24) is 14.8 Å². The van der Waals surface area contributed by atoms with Crippen molar-refractivity contribution in [1.29, 1.82) is 0 Å². The molecule has 6 nitrogen and oxygen atoms in total. The molecule has 0 fully saturated rings. The SMILES string of the molecule is CN1C[C@@H](C(=O)Nc2nncn2-c2ccccc2)Cc2ccccc21.